The zero-order valence-corrected chi connectivity index (χ0v) is 27.6. The van der Waals surface area contributed by atoms with Crippen LogP contribution >= 0.6 is 0 Å². The largest absolute Gasteiger partial charge is 0.436 e. The van der Waals surface area contributed by atoms with Crippen molar-refractivity contribution >= 4 is 11.8 Å². The number of quaternary nitrogens is 1. The molecule has 4 aliphatic rings. The van der Waals surface area contributed by atoms with Crippen LogP contribution in [0, 0.1) is 40.4 Å². The maximum absolute atomic E-state index is 13.2. The minimum absolute atomic E-state index is 0.0845. The molecule has 0 spiro atoms. The number of fused-ring (bicyclic) bond motifs is 5. The number of carbonyl (C=O) groups excluding carboxylic acids is 1. The Hall–Kier alpha value is -1.22. The molecule has 0 unspecified atom stereocenters. The molecule has 0 radical (unpaired) electrons. The van der Waals surface area contributed by atoms with Crippen LogP contribution in [0.15, 0.2) is 5.16 Å². The maximum atomic E-state index is 13.2. The molecule has 0 aromatic rings. The van der Waals surface area contributed by atoms with Crippen LogP contribution in [0.3, 0.4) is 0 Å². The van der Waals surface area contributed by atoms with Gasteiger partial charge in [0.15, 0.2) is 0 Å². The summed E-state index contributed by atoms with van der Waals surface area (Å²) in [6, 6.07) is 0. The van der Waals surface area contributed by atoms with E-state index in [4.69, 9.17) is 4.84 Å². The van der Waals surface area contributed by atoms with Gasteiger partial charge in [0, 0.05) is 32.1 Å². The fourth-order valence-corrected chi connectivity index (χ4v) is 9.51. The maximum Gasteiger partial charge on any atom is 0.436 e. The van der Waals surface area contributed by atoms with Gasteiger partial charge in [-0.15, -0.1) is 0 Å². The van der Waals surface area contributed by atoms with Gasteiger partial charge in [-0.2, -0.15) is 0 Å². The van der Waals surface area contributed by atoms with E-state index in [1.807, 2.05) is 4.90 Å². The van der Waals surface area contributed by atoms with Crippen molar-refractivity contribution in [2.24, 2.45) is 45.6 Å². The highest BCUT2D eigenvalue weighted by Gasteiger charge is 2.60. The third kappa shape index (κ3) is 7.47. The second kappa shape index (κ2) is 13.2. The lowest BCUT2D eigenvalue weighted by Crippen LogP contribution is -2.54. The van der Waals surface area contributed by atoms with Crippen LogP contribution in [0.25, 0.3) is 0 Å². The topological polar surface area (TPSA) is 77.4 Å². The second-order valence-electron chi connectivity index (χ2n) is 15.9. The number of rotatable bonds is 11. The summed E-state index contributed by atoms with van der Waals surface area (Å²) in [6.45, 7) is 11.9. The molecule has 1 amide bonds. The molecule has 236 valence electrons. The van der Waals surface area contributed by atoms with Gasteiger partial charge in [0.1, 0.15) is 0 Å². The zero-order chi connectivity index (χ0) is 30.0. The Morgan fingerprint density at radius 2 is 1.63 bits per heavy atom. The number of amides is 1. The second-order valence-corrected chi connectivity index (χ2v) is 15.9. The molecule has 41 heavy (non-hydrogen) atoms. The number of likely N-dealkylation sites (N-methyl/N-ethyl adjacent to an activating group) is 2. The molecule has 8 atom stereocenters. The molecular weight excluding hydrogens is 514 g/mol. The molecule has 0 saturated heterocycles. The predicted octanol–water partition coefficient (Wildman–Crippen LogP) is 4.68. The van der Waals surface area contributed by atoms with Crippen molar-refractivity contribution in [1.29, 1.82) is 0 Å². The number of oxime groups is 1. The van der Waals surface area contributed by atoms with Crippen molar-refractivity contribution < 1.29 is 19.2 Å². The number of hydrogen-bond acceptors (Lipinski definition) is 6. The van der Waals surface area contributed by atoms with Gasteiger partial charge in [0.2, 0.25) is 0 Å². The van der Waals surface area contributed by atoms with E-state index in [2.05, 4.69) is 71.4 Å². The Bertz CT molecular complexity index is 919. The van der Waals surface area contributed by atoms with E-state index in [-0.39, 0.29) is 17.6 Å². The average molecular weight is 577 g/mol. The number of aliphatic hydroxyl groups is 1. The highest BCUT2D eigenvalue weighted by atomic mass is 16.7. The highest BCUT2D eigenvalue weighted by Crippen LogP contribution is 2.67. The fourth-order valence-electron chi connectivity index (χ4n) is 9.51. The van der Waals surface area contributed by atoms with Crippen LogP contribution in [-0.2, 0) is 4.84 Å². The van der Waals surface area contributed by atoms with E-state index in [0.29, 0.717) is 30.3 Å². The van der Waals surface area contributed by atoms with Gasteiger partial charge in [-0.25, -0.2) is 4.79 Å². The lowest BCUT2D eigenvalue weighted by Gasteiger charge is -2.61. The number of aliphatic hydroxyl groups excluding tert-OH is 1. The summed E-state index contributed by atoms with van der Waals surface area (Å²) in [7, 11) is 10.6. The molecule has 8 heteroatoms. The van der Waals surface area contributed by atoms with E-state index in [9.17, 15) is 9.90 Å². The number of carbonyl (C=O) groups is 1. The Kier molecular flexibility index (Phi) is 10.5. The monoisotopic (exact) mass is 576 g/mol. The highest BCUT2D eigenvalue weighted by molar-refractivity contribution is 5.85. The number of nitrogens with one attached hydrogen (secondary N) is 1. The van der Waals surface area contributed by atoms with Crippen molar-refractivity contribution in [3.63, 3.8) is 0 Å². The Morgan fingerprint density at radius 1 is 0.951 bits per heavy atom. The standard InChI is InChI=1S/C33H62N5O3/c1-24(35-41-31(40)37(21-22-38(6,7)8)20-18-34-17-19-36(4)5)28-11-12-29-27-10-9-25-23-26(39)13-15-32(25,2)30(27)14-16-33(28,29)3/h25-30,34,39H,9-23H2,1-8H3/q+1/b35-24+/t25-,26+,27+,28-,29+,30+,32+,33-/m1/s1. The van der Waals surface area contributed by atoms with Crippen LogP contribution in [-0.4, -0.2) is 112 Å². The van der Waals surface area contributed by atoms with E-state index in [1.165, 1.54) is 38.5 Å². The van der Waals surface area contributed by atoms with Gasteiger partial charge < -0.3 is 19.8 Å². The molecule has 4 rings (SSSR count). The average Bonchev–Trinajstić information content (AvgIpc) is 3.25. The van der Waals surface area contributed by atoms with Gasteiger partial charge in [0.05, 0.1) is 46.0 Å². The summed E-state index contributed by atoms with van der Waals surface area (Å²) < 4.78 is 0.796. The summed E-state index contributed by atoms with van der Waals surface area (Å²) in [5.74, 6) is 3.39. The molecule has 4 fully saturated rings. The molecule has 0 heterocycles. The molecule has 2 N–H and O–H groups in total. The Morgan fingerprint density at radius 3 is 2.34 bits per heavy atom. The normalized spacial score (nSPS) is 37.4. The lowest BCUT2D eigenvalue weighted by atomic mass is 9.44. The van der Waals surface area contributed by atoms with Crippen LogP contribution in [0.2, 0.25) is 0 Å². The quantitative estimate of drug-likeness (QED) is 0.123. The smallest absolute Gasteiger partial charge is 0.393 e. The summed E-state index contributed by atoms with van der Waals surface area (Å²) in [5, 5.41) is 18.3. The van der Waals surface area contributed by atoms with E-state index in [1.54, 1.807) is 0 Å². The minimum Gasteiger partial charge on any atom is -0.393 e. The molecular formula is C33H62N5O3+. The number of hydrogen-bond donors (Lipinski definition) is 2. The van der Waals surface area contributed by atoms with Crippen molar-refractivity contribution in [3.05, 3.63) is 0 Å². The van der Waals surface area contributed by atoms with Crippen LogP contribution in [0.4, 0.5) is 4.79 Å². The van der Waals surface area contributed by atoms with Crippen LogP contribution < -0.4 is 5.32 Å². The molecule has 8 nitrogen and oxygen atoms in total. The van der Waals surface area contributed by atoms with Crippen LogP contribution in [0.5, 0.6) is 0 Å². The van der Waals surface area contributed by atoms with Gasteiger partial charge >= 0.3 is 6.09 Å². The summed E-state index contributed by atoms with van der Waals surface area (Å²) >= 11 is 0. The van der Waals surface area contributed by atoms with Gasteiger partial charge in [-0.3, -0.25) is 9.74 Å². The van der Waals surface area contributed by atoms with Crippen LogP contribution in [0.1, 0.15) is 78.6 Å². The molecule has 0 aliphatic heterocycles. The first-order chi connectivity index (χ1) is 19.2. The molecule has 0 aromatic heterocycles. The van der Waals surface area contributed by atoms with E-state index < -0.39 is 0 Å². The summed E-state index contributed by atoms with van der Waals surface area (Å²) in [6.07, 6.45) is 10.3. The first-order valence-corrected chi connectivity index (χ1v) is 16.6. The Balaban J connectivity index is 1.37. The number of nitrogens with zero attached hydrogens (tertiary/aromatic N) is 4. The molecule has 4 saturated carbocycles. The third-order valence-electron chi connectivity index (χ3n) is 12.0. The van der Waals surface area contributed by atoms with Gasteiger partial charge in [0.25, 0.3) is 0 Å². The van der Waals surface area contributed by atoms with E-state index >= 15 is 0 Å². The van der Waals surface area contributed by atoms with Crippen molar-refractivity contribution in [2.75, 3.05) is 74.5 Å². The Labute approximate surface area is 250 Å². The van der Waals surface area contributed by atoms with Gasteiger partial charge in [-0.05, 0) is 113 Å². The lowest BCUT2D eigenvalue weighted by molar-refractivity contribution is -0.869. The minimum atomic E-state index is -0.332. The molecule has 0 bridgehead atoms. The summed E-state index contributed by atoms with van der Waals surface area (Å²) in [5.41, 5.74) is 1.63. The van der Waals surface area contributed by atoms with Gasteiger partial charge in [-0.1, -0.05) is 19.0 Å². The van der Waals surface area contributed by atoms with Crippen molar-refractivity contribution in [3.8, 4) is 0 Å². The van der Waals surface area contributed by atoms with Crippen molar-refractivity contribution in [2.45, 2.75) is 84.7 Å². The predicted molar refractivity (Wildman–Crippen MR) is 167 cm³/mol. The first kappa shape index (κ1) is 32.7. The van der Waals surface area contributed by atoms with Crippen molar-refractivity contribution in [1.82, 2.24) is 15.1 Å². The zero-order valence-electron chi connectivity index (χ0n) is 27.6. The first-order valence-electron chi connectivity index (χ1n) is 16.6. The third-order valence-corrected chi connectivity index (χ3v) is 12.0. The SMILES string of the molecule is C/C(=N\OC(=O)N(CCNCCN(C)C)CC[N+](C)(C)C)[C@H]1CC[C@H]2[C@@H]3CC[C@@H]4C[C@@H](O)CC[C@]4(C)[C@H]3CC[C@]12C. The fraction of sp³-hybridized carbons (Fsp3) is 0.939. The molecule has 4 aliphatic carbocycles. The molecule has 0 aromatic carbocycles. The summed E-state index contributed by atoms with van der Waals surface area (Å²) in [4.78, 5) is 22.9. The van der Waals surface area contributed by atoms with E-state index in [0.717, 1.165) is 73.4 Å².